The molecule has 4 rings (SSSR count). The molecule has 0 radical (unpaired) electrons. The standard InChI is InChI=1S/C20H19BrN2O2/c1-20(2)18(22)15-5-3-4-6-16(15)23(20)19(24)13-9-12-10-14(21)7-8-17(12)25-11-13/h3-10,18H,11,22H2,1-2H3. The molecule has 1 unspecified atom stereocenters. The van der Waals surface area contributed by atoms with E-state index in [0.717, 1.165) is 27.0 Å². The zero-order chi connectivity index (χ0) is 17.8. The number of para-hydroxylation sites is 1. The van der Waals surface area contributed by atoms with E-state index in [1.165, 1.54) is 0 Å². The summed E-state index contributed by atoms with van der Waals surface area (Å²) in [5.41, 5.74) is 9.34. The Hall–Kier alpha value is -2.11. The van der Waals surface area contributed by atoms with Gasteiger partial charge >= 0.3 is 0 Å². The molecule has 2 aliphatic heterocycles. The van der Waals surface area contributed by atoms with E-state index in [-0.39, 0.29) is 18.6 Å². The molecule has 2 aliphatic rings. The predicted octanol–water partition coefficient (Wildman–Crippen LogP) is 4.05. The smallest absolute Gasteiger partial charge is 0.258 e. The second-order valence-electron chi connectivity index (χ2n) is 6.97. The average Bonchev–Trinajstić information content (AvgIpc) is 2.80. The Morgan fingerprint density at radius 1 is 1.28 bits per heavy atom. The van der Waals surface area contributed by atoms with Crippen molar-refractivity contribution in [1.82, 2.24) is 0 Å². The van der Waals surface area contributed by atoms with E-state index in [9.17, 15) is 4.79 Å². The molecule has 0 fully saturated rings. The number of hydrogen-bond donors (Lipinski definition) is 1. The molecule has 1 amide bonds. The summed E-state index contributed by atoms with van der Waals surface area (Å²) in [6.07, 6.45) is 1.91. The topological polar surface area (TPSA) is 55.6 Å². The lowest BCUT2D eigenvalue weighted by Gasteiger charge is -2.36. The first-order valence-corrected chi connectivity index (χ1v) is 9.01. The number of nitrogens with zero attached hydrogens (tertiary/aromatic N) is 1. The van der Waals surface area contributed by atoms with Crippen molar-refractivity contribution in [3.63, 3.8) is 0 Å². The number of halogens is 1. The van der Waals surface area contributed by atoms with E-state index in [4.69, 9.17) is 10.5 Å². The summed E-state index contributed by atoms with van der Waals surface area (Å²) in [5, 5.41) is 0. The zero-order valence-corrected chi connectivity index (χ0v) is 15.7. The maximum atomic E-state index is 13.3. The van der Waals surface area contributed by atoms with Crippen molar-refractivity contribution in [2.45, 2.75) is 25.4 Å². The fourth-order valence-electron chi connectivity index (χ4n) is 3.57. The molecule has 4 nitrogen and oxygen atoms in total. The lowest BCUT2D eigenvalue weighted by molar-refractivity contribution is -0.116. The van der Waals surface area contributed by atoms with Crippen molar-refractivity contribution in [2.75, 3.05) is 11.5 Å². The Kier molecular flexibility index (Phi) is 3.74. The van der Waals surface area contributed by atoms with Gasteiger partial charge in [0.2, 0.25) is 0 Å². The molecular formula is C20H19BrN2O2. The molecule has 0 aromatic heterocycles. The zero-order valence-electron chi connectivity index (χ0n) is 14.1. The number of hydrogen-bond acceptors (Lipinski definition) is 3. The van der Waals surface area contributed by atoms with Crippen LogP contribution in [0.25, 0.3) is 6.08 Å². The van der Waals surface area contributed by atoms with Gasteiger partial charge in [-0.3, -0.25) is 4.79 Å². The first-order chi connectivity index (χ1) is 11.9. The fraction of sp³-hybridized carbons (Fsp3) is 0.250. The summed E-state index contributed by atoms with van der Waals surface area (Å²) in [6.45, 7) is 4.27. The SMILES string of the molecule is CC1(C)C(N)c2ccccc2N1C(=O)C1=Cc2cc(Br)ccc2OC1. The quantitative estimate of drug-likeness (QED) is 0.787. The number of nitrogens with two attached hydrogens (primary N) is 1. The van der Waals surface area contributed by atoms with Crippen LogP contribution in [0.4, 0.5) is 5.69 Å². The van der Waals surface area contributed by atoms with Crippen LogP contribution < -0.4 is 15.4 Å². The van der Waals surface area contributed by atoms with E-state index >= 15 is 0 Å². The van der Waals surface area contributed by atoms with Gasteiger partial charge in [-0.15, -0.1) is 0 Å². The maximum absolute atomic E-state index is 13.3. The molecule has 2 aromatic carbocycles. The van der Waals surface area contributed by atoms with Crippen molar-refractivity contribution in [2.24, 2.45) is 5.73 Å². The second-order valence-corrected chi connectivity index (χ2v) is 7.89. The van der Waals surface area contributed by atoms with E-state index < -0.39 is 5.54 Å². The number of fused-ring (bicyclic) bond motifs is 2. The molecule has 5 heteroatoms. The van der Waals surface area contributed by atoms with E-state index in [2.05, 4.69) is 15.9 Å². The van der Waals surface area contributed by atoms with Crippen LogP contribution >= 0.6 is 15.9 Å². The van der Waals surface area contributed by atoms with Crippen LogP contribution in [0.5, 0.6) is 5.75 Å². The lowest BCUT2D eigenvalue weighted by Crippen LogP contribution is -2.50. The van der Waals surface area contributed by atoms with Crippen molar-refractivity contribution in [1.29, 1.82) is 0 Å². The van der Waals surface area contributed by atoms with Gasteiger partial charge < -0.3 is 15.4 Å². The number of anilines is 1. The molecule has 0 aliphatic carbocycles. The molecule has 2 aromatic rings. The van der Waals surface area contributed by atoms with Gasteiger partial charge in [0.25, 0.3) is 5.91 Å². The molecule has 128 valence electrons. The largest absolute Gasteiger partial charge is 0.488 e. The predicted molar refractivity (Wildman–Crippen MR) is 103 cm³/mol. The molecule has 0 spiro atoms. The normalized spacial score (nSPS) is 20.4. The number of carbonyl (C=O) groups excluding carboxylic acids is 1. The van der Waals surface area contributed by atoms with Crippen molar-refractivity contribution >= 4 is 33.6 Å². The van der Waals surface area contributed by atoms with Gasteiger partial charge in [0.15, 0.2) is 0 Å². The summed E-state index contributed by atoms with van der Waals surface area (Å²) in [7, 11) is 0. The highest BCUT2D eigenvalue weighted by Crippen LogP contribution is 2.45. The highest BCUT2D eigenvalue weighted by atomic mass is 79.9. The minimum absolute atomic E-state index is 0.0592. The number of ether oxygens (including phenoxy) is 1. The lowest BCUT2D eigenvalue weighted by atomic mass is 9.93. The molecule has 0 saturated carbocycles. The van der Waals surface area contributed by atoms with Crippen molar-refractivity contribution < 1.29 is 9.53 Å². The van der Waals surface area contributed by atoms with Gasteiger partial charge in [0.05, 0.1) is 17.2 Å². The Labute approximate surface area is 155 Å². The highest BCUT2D eigenvalue weighted by molar-refractivity contribution is 9.10. The number of amides is 1. The average molecular weight is 399 g/mol. The van der Waals surface area contributed by atoms with Crippen molar-refractivity contribution in [3.05, 3.63) is 63.6 Å². The first kappa shape index (κ1) is 16.4. The summed E-state index contributed by atoms with van der Waals surface area (Å²) in [6, 6.07) is 13.4. The van der Waals surface area contributed by atoms with Crippen LogP contribution in [0.3, 0.4) is 0 Å². The summed E-state index contributed by atoms with van der Waals surface area (Å²) in [5.74, 6) is 0.730. The Balaban J connectivity index is 1.77. The van der Waals surface area contributed by atoms with Gasteiger partial charge in [-0.2, -0.15) is 0 Å². The van der Waals surface area contributed by atoms with Crippen molar-refractivity contribution in [3.8, 4) is 5.75 Å². The van der Waals surface area contributed by atoms with Crippen LogP contribution in [0.15, 0.2) is 52.5 Å². The minimum Gasteiger partial charge on any atom is -0.488 e. The summed E-state index contributed by atoms with van der Waals surface area (Å²) in [4.78, 5) is 15.1. The fourth-order valence-corrected chi connectivity index (χ4v) is 3.95. The van der Waals surface area contributed by atoms with E-state index in [1.54, 1.807) is 0 Å². The van der Waals surface area contributed by atoms with Gasteiger partial charge in [-0.05, 0) is 49.8 Å². The molecule has 2 N–H and O–H groups in total. The third-order valence-electron chi connectivity index (χ3n) is 5.01. The maximum Gasteiger partial charge on any atom is 0.258 e. The van der Waals surface area contributed by atoms with Gasteiger partial charge in [-0.25, -0.2) is 0 Å². The molecular weight excluding hydrogens is 380 g/mol. The van der Waals surface area contributed by atoms with Gasteiger partial charge in [-0.1, -0.05) is 34.1 Å². The molecule has 2 heterocycles. The van der Waals surface area contributed by atoms with Crippen LogP contribution in [0.2, 0.25) is 0 Å². The van der Waals surface area contributed by atoms with Crippen LogP contribution in [-0.2, 0) is 4.79 Å². The van der Waals surface area contributed by atoms with E-state index in [0.29, 0.717) is 5.57 Å². The van der Waals surface area contributed by atoms with E-state index in [1.807, 2.05) is 67.3 Å². The first-order valence-electron chi connectivity index (χ1n) is 8.21. The van der Waals surface area contributed by atoms with Gasteiger partial charge in [0.1, 0.15) is 12.4 Å². The molecule has 1 atom stereocenters. The third-order valence-corrected chi connectivity index (χ3v) is 5.51. The van der Waals surface area contributed by atoms with Crippen LogP contribution in [-0.4, -0.2) is 18.1 Å². The number of carbonyl (C=O) groups is 1. The Bertz CT molecular complexity index is 904. The van der Waals surface area contributed by atoms with Crippen LogP contribution in [0, 0.1) is 0 Å². The summed E-state index contributed by atoms with van der Waals surface area (Å²) >= 11 is 3.46. The number of benzene rings is 2. The third kappa shape index (κ3) is 2.50. The summed E-state index contributed by atoms with van der Waals surface area (Å²) < 4.78 is 6.74. The van der Waals surface area contributed by atoms with Crippen LogP contribution in [0.1, 0.15) is 31.0 Å². The molecule has 0 bridgehead atoms. The van der Waals surface area contributed by atoms with Gasteiger partial charge in [0, 0.05) is 15.7 Å². The molecule has 25 heavy (non-hydrogen) atoms. The monoisotopic (exact) mass is 398 g/mol. The molecule has 0 saturated heterocycles. The Morgan fingerprint density at radius 3 is 2.84 bits per heavy atom. The number of rotatable bonds is 1. The highest BCUT2D eigenvalue weighted by Gasteiger charge is 2.46. The minimum atomic E-state index is -0.501. The Morgan fingerprint density at radius 2 is 2.04 bits per heavy atom. The second kappa shape index (κ2) is 5.71.